The van der Waals surface area contributed by atoms with Gasteiger partial charge in [0.2, 0.25) is 0 Å². The number of benzene rings is 1. The number of carbonyl (C=O) groups excluding carboxylic acids is 1. The number of aliphatic hydroxyl groups excluding tert-OH is 2. The van der Waals surface area contributed by atoms with Gasteiger partial charge in [-0.2, -0.15) is 0 Å². The molecule has 0 amide bonds. The molecule has 1 aromatic rings. The molecule has 0 aliphatic carbocycles. The van der Waals surface area contributed by atoms with Crippen LogP contribution in [0.15, 0.2) is 24.3 Å². The fourth-order valence-corrected chi connectivity index (χ4v) is 1.67. The first-order valence-corrected chi connectivity index (χ1v) is 5.79. The van der Waals surface area contributed by atoms with Crippen LogP contribution < -0.4 is 0 Å². The van der Waals surface area contributed by atoms with Crippen molar-refractivity contribution in [2.45, 2.75) is 25.6 Å². The van der Waals surface area contributed by atoms with E-state index in [1.54, 1.807) is 19.1 Å². The molecule has 6 nitrogen and oxygen atoms in total. The van der Waals surface area contributed by atoms with Gasteiger partial charge in [0.15, 0.2) is 6.10 Å². The van der Waals surface area contributed by atoms with Crippen molar-refractivity contribution in [2.24, 2.45) is 0 Å². The molecular weight excluding hydrogens is 252 g/mol. The number of aliphatic hydroxyl groups is 2. The summed E-state index contributed by atoms with van der Waals surface area (Å²) in [5.74, 6) is -2.01. The first-order valence-electron chi connectivity index (χ1n) is 5.79. The highest BCUT2D eigenvalue weighted by atomic mass is 16.5. The largest absolute Gasteiger partial charge is 0.481 e. The number of aliphatic carboxylic acids is 1. The van der Waals surface area contributed by atoms with Gasteiger partial charge in [-0.05, 0) is 18.1 Å². The highest BCUT2D eigenvalue weighted by molar-refractivity contribution is 5.76. The van der Waals surface area contributed by atoms with Gasteiger partial charge >= 0.3 is 11.9 Å². The Morgan fingerprint density at radius 3 is 2.47 bits per heavy atom. The van der Waals surface area contributed by atoms with Gasteiger partial charge in [0.1, 0.15) is 6.10 Å². The minimum Gasteiger partial charge on any atom is -0.481 e. The minimum atomic E-state index is -1.74. The van der Waals surface area contributed by atoms with Gasteiger partial charge in [0.05, 0.1) is 13.0 Å². The van der Waals surface area contributed by atoms with Gasteiger partial charge < -0.3 is 20.1 Å². The molecule has 0 radical (unpaired) electrons. The van der Waals surface area contributed by atoms with Crippen LogP contribution in [-0.2, 0) is 20.7 Å². The van der Waals surface area contributed by atoms with E-state index >= 15 is 0 Å². The Labute approximate surface area is 110 Å². The molecule has 0 heterocycles. The van der Waals surface area contributed by atoms with Crippen molar-refractivity contribution in [1.82, 2.24) is 0 Å². The lowest BCUT2D eigenvalue weighted by Gasteiger charge is -2.19. The van der Waals surface area contributed by atoms with E-state index in [4.69, 9.17) is 5.11 Å². The minimum absolute atomic E-state index is 0.0827. The van der Waals surface area contributed by atoms with Gasteiger partial charge in [-0.15, -0.1) is 0 Å². The van der Waals surface area contributed by atoms with Crippen LogP contribution in [0.2, 0.25) is 0 Å². The predicted octanol–water partition coefficient (Wildman–Crippen LogP) is 0.271. The van der Waals surface area contributed by atoms with Crippen molar-refractivity contribution < 1.29 is 29.6 Å². The Morgan fingerprint density at radius 1 is 1.26 bits per heavy atom. The van der Waals surface area contributed by atoms with Crippen LogP contribution >= 0.6 is 0 Å². The third-order valence-corrected chi connectivity index (χ3v) is 2.54. The molecule has 104 valence electrons. The van der Waals surface area contributed by atoms with Crippen LogP contribution in [0.25, 0.3) is 0 Å². The molecule has 0 bridgehead atoms. The third-order valence-electron chi connectivity index (χ3n) is 2.54. The number of rotatable bonds is 6. The van der Waals surface area contributed by atoms with Crippen LogP contribution in [0, 0.1) is 0 Å². The molecule has 2 atom stereocenters. The van der Waals surface area contributed by atoms with E-state index in [1.165, 1.54) is 12.1 Å². The number of carbonyl (C=O) groups is 2. The van der Waals surface area contributed by atoms with Gasteiger partial charge in [0, 0.05) is 0 Å². The quantitative estimate of drug-likeness (QED) is 0.640. The van der Waals surface area contributed by atoms with Crippen LogP contribution in [0.1, 0.15) is 24.2 Å². The van der Waals surface area contributed by atoms with E-state index in [9.17, 15) is 19.8 Å². The normalized spacial score (nSPS) is 13.6. The Hall–Kier alpha value is -1.92. The summed E-state index contributed by atoms with van der Waals surface area (Å²) in [4.78, 5) is 22.1. The zero-order valence-corrected chi connectivity index (χ0v) is 10.4. The maximum absolute atomic E-state index is 11.3. The number of hydrogen-bond acceptors (Lipinski definition) is 5. The molecule has 0 saturated heterocycles. The van der Waals surface area contributed by atoms with Crippen molar-refractivity contribution in [3.8, 4) is 0 Å². The molecule has 1 rings (SSSR count). The van der Waals surface area contributed by atoms with Crippen molar-refractivity contribution in [3.63, 3.8) is 0 Å². The van der Waals surface area contributed by atoms with Gasteiger partial charge in [-0.25, -0.2) is 4.79 Å². The summed E-state index contributed by atoms with van der Waals surface area (Å²) in [6.45, 7) is 1.66. The fraction of sp³-hybridized carbons (Fsp3) is 0.385. The molecule has 0 spiro atoms. The molecule has 1 aromatic carbocycles. The number of esters is 1. The summed E-state index contributed by atoms with van der Waals surface area (Å²) in [5, 5.41) is 28.4. The van der Waals surface area contributed by atoms with Crippen molar-refractivity contribution in [3.05, 3.63) is 35.4 Å². The Morgan fingerprint density at radius 2 is 1.89 bits per heavy atom. The summed E-state index contributed by atoms with van der Waals surface area (Å²) in [6.07, 6.45) is -3.56. The molecule has 6 heteroatoms. The van der Waals surface area contributed by atoms with Gasteiger partial charge in [-0.1, -0.05) is 24.3 Å². The maximum atomic E-state index is 11.3. The zero-order chi connectivity index (χ0) is 14.4. The average Bonchev–Trinajstić information content (AvgIpc) is 2.37. The number of carboxylic acid groups (broad SMARTS) is 1. The van der Waals surface area contributed by atoms with E-state index in [2.05, 4.69) is 4.74 Å². The van der Waals surface area contributed by atoms with E-state index in [-0.39, 0.29) is 18.6 Å². The molecule has 2 unspecified atom stereocenters. The van der Waals surface area contributed by atoms with Crippen LogP contribution in [0.3, 0.4) is 0 Å². The predicted molar refractivity (Wildman–Crippen MR) is 65.4 cm³/mol. The summed E-state index contributed by atoms with van der Waals surface area (Å²) >= 11 is 0. The van der Waals surface area contributed by atoms with E-state index < -0.39 is 24.1 Å². The van der Waals surface area contributed by atoms with Crippen molar-refractivity contribution in [1.29, 1.82) is 0 Å². The summed E-state index contributed by atoms with van der Waals surface area (Å²) in [6, 6.07) is 6.18. The second-order valence-corrected chi connectivity index (χ2v) is 3.91. The fourth-order valence-electron chi connectivity index (χ4n) is 1.67. The summed E-state index contributed by atoms with van der Waals surface area (Å²) in [7, 11) is 0. The third kappa shape index (κ3) is 4.04. The van der Waals surface area contributed by atoms with Crippen LogP contribution in [-0.4, -0.2) is 40.0 Å². The first kappa shape index (κ1) is 15.1. The molecule has 0 aliphatic heterocycles. The molecule has 0 aromatic heterocycles. The smallest absolute Gasteiger partial charge is 0.338 e. The van der Waals surface area contributed by atoms with Crippen LogP contribution in [0.5, 0.6) is 0 Å². The average molecular weight is 268 g/mol. The highest BCUT2D eigenvalue weighted by Crippen LogP contribution is 2.22. The molecule has 3 N–H and O–H groups in total. The Kier molecular flexibility index (Phi) is 5.47. The Bertz CT molecular complexity index is 456. The summed E-state index contributed by atoms with van der Waals surface area (Å²) in [5.41, 5.74) is 0.538. The zero-order valence-electron chi connectivity index (χ0n) is 10.4. The maximum Gasteiger partial charge on any atom is 0.338 e. The first-order chi connectivity index (χ1) is 8.97. The van der Waals surface area contributed by atoms with E-state index in [0.717, 1.165) is 0 Å². The lowest BCUT2D eigenvalue weighted by molar-refractivity contribution is -0.159. The van der Waals surface area contributed by atoms with Gasteiger partial charge in [-0.3, -0.25) is 4.79 Å². The number of ether oxygens (including phenoxy) is 1. The molecule has 0 aliphatic rings. The van der Waals surface area contributed by atoms with E-state index in [0.29, 0.717) is 5.56 Å². The van der Waals surface area contributed by atoms with Crippen LogP contribution in [0.4, 0.5) is 0 Å². The van der Waals surface area contributed by atoms with Crippen molar-refractivity contribution in [2.75, 3.05) is 6.61 Å². The number of carboxylic acids is 1. The molecule has 19 heavy (non-hydrogen) atoms. The number of hydrogen-bond donors (Lipinski definition) is 3. The SMILES string of the molecule is CCOC(=O)C(O)C(O)c1ccccc1CC(=O)O. The van der Waals surface area contributed by atoms with Crippen molar-refractivity contribution >= 4 is 11.9 Å². The molecule has 0 saturated carbocycles. The second kappa shape index (κ2) is 6.86. The monoisotopic (exact) mass is 268 g/mol. The molecular formula is C13H16O6. The molecule has 0 fully saturated rings. The standard InChI is InChI=1S/C13H16O6/c1-2-19-13(18)12(17)11(16)9-6-4-3-5-8(9)7-10(14)15/h3-6,11-12,16-17H,2,7H2,1H3,(H,14,15). The van der Waals surface area contributed by atoms with Gasteiger partial charge in [0.25, 0.3) is 0 Å². The summed E-state index contributed by atoms with van der Waals surface area (Å²) < 4.78 is 4.60. The lowest BCUT2D eigenvalue weighted by Crippen LogP contribution is -2.30. The highest BCUT2D eigenvalue weighted by Gasteiger charge is 2.28. The Balaban J connectivity index is 2.95. The lowest BCUT2D eigenvalue weighted by atomic mass is 9.97. The second-order valence-electron chi connectivity index (χ2n) is 3.91. The topological polar surface area (TPSA) is 104 Å². The van der Waals surface area contributed by atoms with E-state index in [1.807, 2.05) is 0 Å².